The molecule has 6 rings (SSSR count). The van der Waals surface area contributed by atoms with Crippen LogP contribution >= 0.6 is 0 Å². The fourth-order valence-corrected chi connectivity index (χ4v) is 6.65. The maximum absolute atomic E-state index is 13.2. The Hall–Kier alpha value is -2.10. The van der Waals surface area contributed by atoms with Gasteiger partial charge in [0.05, 0.1) is 11.1 Å². The van der Waals surface area contributed by atoms with Crippen molar-refractivity contribution < 1.29 is 9.53 Å². The van der Waals surface area contributed by atoms with E-state index in [0.29, 0.717) is 18.4 Å². The Morgan fingerprint density at radius 2 is 1.89 bits per heavy atom. The highest BCUT2D eigenvalue weighted by Crippen LogP contribution is 2.66. The van der Waals surface area contributed by atoms with E-state index in [1.54, 1.807) is 0 Å². The molecule has 1 aromatic carbocycles. The number of hydrogen-bond donors (Lipinski definition) is 0. The third kappa shape index (κ3) is 3.09. The van der Waals surface area contributed by atoms with Crippen LogP contribution in [0.3, 0.4) is 0 Å². The number of nitrogens with zero attached hydrogens (tertiary/aromatic N) is 2. The van der Waals surface area contributed by atoms with Gasteiger partial charge < -0.3 is 4.74 Å². The van der Waals surface area contributed by atoms with Crippen molar-refractivity contribution in [2.45, 2.75) is 58.6 Å². The number of carbonyl (C=O) groups is 1. The van der Waals surface area contributed by atoms with E-state index in [2.05, 4.69) is 22.0 Å². The molecule has 4 heteroatoms. The molecule has 4 nitrogen and oxygen atoms in total. The number of hydrogen-bond acceptors (Lipinski definition) is 3. The molecule has 4 aliphatic carbocycles. The van der Waals surface area contributed by atoms with Gasteiger partial charge in [0.1, 0.15) is 6.61 Å². The first-order chi connectivity index (χ1) is 13.0. The molecule has 4 atom stereocenters. The Morgan fingerprint density at radius 1 is 1.15 bits per heavy atom. The maximum Gasteiger partial charge on any atom is 0.312 e. The summed E-state index contributed by atoms with van der Waals surface area (Å²) in [6, 6.07) is 12.1. The van der Waals surface area contributed by atoms with Gasteiger partial charge in [0.15, 0.2) is 0 Å². The molecule has 4 saturated carbocycles. The highest BCUT2D eigenvalue weighted by molar-refractivity contribution is 5.77. The second-order valence-corrected chi connectivity index (χ2v) is 9.46. The van der Waals surface area contributed by atoms with Gasteiger partial charge in [-0.3, -0.25) is 9.48 Å². The number of aromatic nitrogens is 2. The highest BCUT2D eigenvalue weighted by Gasteiger charge is 2.61. The van der Waals surface area contributed by atoms with E-state index in [1.807, 2.05) is 37.3 Å². The summed E-state index contributed by atoms with van der Waals surface area (Å²) in [5.74, 6) is 1.39. The average molecular weight is 364 g/mol. The molecule has 4 bridgehead atoms. The van der Waals surface area contributed by atoms with Gasteiger partial charge in [0.25, 0.3) is 0 Å². The smallest absolute Gasteiger partial charge is 0.312 e. The van der Waals surface area contributed by atoms with Gasteiger partial charge in [-0.05, 0) is 74.3 Å². The van der Waals surface area contributed by atoms with E-state index < -0.39 is 0 Å². The Labute approximate surface area is 160 Å². The topological polar surface area (TPSA) is 44.1 Å². The van der Waals surface area contributed by atoms with Crippen molar-refractivity contribution in [3.63, 3.8) is 0 Å². The summed E-state index contributed by atoms with van der Waals surface area (Å²) in [7, 11) is 0. The van der Waals surface area contributed by atoms with Crippen molar-refractivity contribution in [3.8, 4) is 0 Å². The standard InChI is InChI=1S/C23H28N2O2/c1-17-7-8-25(24-17)16-22-10-19-9-20(11-22)13-23(12-19,15-22)21(26)27-14-18-5-3-2-4-6-18/h2-8,19-20H,9-16H2,1H3/t19-,20+,22?,23?. The molecule has 2 aromatic rings. The number of rotatable bonds is 5. The minimum absolute atomic E-state index is 0.0430. The van der Waals surface area contributed by atoms with Crippen molar-refractivity contribution in [1.29, 1.82) is 0 Å². The van der Waals surface area contributed by atoms with E-state index in [1.165, 1.54) is 19.3 Å². The zero-order chi connectivity index (χ0) is 18.5. The molecule has 27 heavy (non-hydrogen) atoms. The van der Waals surface area contributed by atoms with Crippen LogP contribution < -0.4 is 0 Å². The fraction of sp³-hybridized carbons (Fsp3) is 0.565. The lowest BCUT2D eigenvalue weighted by Crippen LogP contribution is -2.56. The summed E-state index contributed by atoms with van der Waals surface area (Å²) in [4.78, 5) is 13.2. The fourth-order valence-electron chi connectivity index (χ4n) is 6.65. The Bertz CT molecular complexity index is 827. The normalized spacial score (nSPS) is 34.0. The van der Waals surface area contributed by atoms with Crippen LogP contribution in [0.2, 0.25) is 0 Å². The summed E-state index contributed by atoms with van der Waals surface area (Å²) in [6.45, 7) is 3.38. The number of carbonyl (C=O) groups excluding carboxylic acids is 1. The first-order valence-corrected chi connectivity index (χ1v) is 10.3. The average Bonchev–Trinajstić information content (AvgIpc) is 3.03. The number of ether oxygens (including phenoxy) is 1. The van der Waals surface area contributed by atoms with Gasteiger partial charge >= 0.3 is 5.97 Å². The van der Waals surface area contributed by atoms with Gasteiger partial charge in [-0.25, -0.2) is 0 Å². The molecule has 2 unspecified atom stereocenters. The van der Waals surface area contributed by atoms with Crippen LogP contribution in [0.15, 0.2) is 42.6 Å². The van der Waals surface area contributed by atoms with Crippen molar-refractivity contribution in [2.24, 2.45) is 22.7 Å². The molecule has 0 saturated heterocycles. The minimum atomic E-state index is -0.263. The number of esters is 1. The lowest BCUT2D eigenvalue weighted by Gasteiger charge is -2.60. The van der Waals surface area contributed by atoms with E-state index in [9.17, 15) is 4.79 Å². The minimum Gasteiger partial charge on any atom is -0.460 e. The van der Waals surface area contributed by atoms with Crippen molar-refractivity contribution in [1.82, 2.24) is 9.78 Å². The summed E-state index contributed by atoms with van der Waals surface area (Å²) >= 11 is 0. The molecule has 0 radical (unpaired) electrons. The lowest BCUT2D eigenvalue weighted by molar-refractivity contribution is -0.184. The third-order valence-corrected chi connectivity index (χ3v) is 7.10. The predicted molar refractivity (Wildman–Crippen MR) is 103 cm³/mol. The van der Waals surface area contributed by atoms with Crippen molar-refractivity contribution in [3.05, 3.63) is 53.9 Å². The second kappa shape index (κ2) is 6.22. The van der Waals surface area contributed by atoms with Gasteiger partial charge in [-0.1, -0.05) is 30.3 Å². The lowest BCUT2D eigenvalue weighted by atomic mass is 9.44. The van der Waals surface area contributed by atoms with Crippen LogP contribution in [-0.2, 0) is 22.7 Å². The van der Waals surface area contributed by atoms with Crippen LogP contribution in [0.4, 0.5) is 0 Å². The molecule has 0 N–H and O–H groups in total. The summed E-state index contributed by atoms with van der Waals surface area (Å²) in [6.07, 6.45) is 8.90. The second-order valence-electron chi connectivity index (χ2n) is 9.46. The molecular formula is C23H28N2O2. The zero-order valence-electron chi connectivity index (χ0n) is 16.1. The number of aryl methyl sites for hydroxylation is 1. The zero-order valence-corrected chi connectivity index (χ0v) is 16.1. The Morgan fingerprint density at radius 3 is 2.56 bits per heavy atom. The SMILES string of the molecule is Cc1ccn(CC23C[C@H]4C[C@@H](C2)CC(C(=O)OCc2ccccc2)(C4)C3)n1. The molecule has 1 heterocycles. The first-order valence-electron chi connectivity index (χ1n) is 10.3. The largest absolute Gasteiger partial charge is 0.460 e. The van der Waals surface area contributed by atoms with E-state index >= 15 is 0 Å². The van der Waals surface area contributed by atoms with E-state index in [0.717, 1.165) is 37.1 Å². The molecule has 4 aliphatic rings. The molecule has 0 aliphatic heterocycles. The molecule has 142 valence electrons. The Kier molecular flexibility index (Phi) is 3.92. The summed E-state index contributed by atoms with van der Waals surface area (Å²) < 4.78 is 7.95. The van der Waals surface area contributed by atoms with Gasteiger partial charge in [0, 0.05) is 12.7 Å². The van der Waals surface area contributed by atoms with Gasteiger partial charge in [-0.15, -0.1) is 0 Å². The third-order valence-electron chi connectivity index (χ3n) is 7.10. The van der Waals surface area contributed by atoms with Crippen molar-refractivity contribution in [2.75, 3.05) is 0 Å². The van der Waals surface area contributed by atoms with E-state index in [4.69, 9.17) is 4.74 Å². The monoisotopic (exact) mass is 364 g/mol. The maximum atomic E-state index is 13.2. The molecular weight excluding hydrogens is 336 g/mol. The van der Waals surface area contributed by atoms with Crippen molar-refractivity contribution >= 4 is 5.97 Å². The van der Waals surface area contributed by atoms with Gasteiger partial charge in [-0.2, -0.15) is 5.10 Å². The molecule has 0 spiro atoms. The molecule has 0 amide bonds. The highest BCUT2D eigenvalue weighted by atomic mass is 16.5. The summed E-state index contributed by atoms with van der Waals surface area (Å²) in [5.41, 5.74) is 2.09. The first kappa shape index (κ1) is 17.0. The van der Waals surface area contributed by atoms with Crippen LogP contribution in [-0.4, -0.2) is 15.7 Å². The predicted octanol–water partition coefficient (Wildman–Crippen LogP) is 4.52. The van der Waals surface area contributed by atoms with Crippen LogP contribution in [0.25, 0.3) is 0 Å². The van der Waals surface area contributed by atoms with Crippen LogP contribution in [0.1, 0.15) is 49.8 Å². The van der Waals surface area contributed by atoms with Crippen LogP contribution in [0.5, 0.6) is 0 Å². The quantitative estimate of drug-likeness (QED) is 0.733. The van der Waals surface area contributed by atoms with Gasteiger partial charge in [0.2, 0.25) is 0 Å². The van der Waals surface area contributed by atoms with Crippen LogP contribution in [0, 0.1) is 29.6 Å². The molecule has 1 aromatic heterocycles. The summed E-state index contributed by atoms with van der Waals surface area (Å²) in [5, 5.41) is 4.63. The Balaban J connectivity index is 1.35. The van der Waals surface area contributed by atoms with E-state index in [-0.39, 0.29) is 16.8 Å². The molecule has 4 fully saturated rings. The number of benzene rings is 1.